The highest BCUT2D eigenvalue weighted by atomic mass is 32.2. The maximum atomic E-state index is 14.5. The van der Waals surface area contributed by atoms with Gasteiger partial charge in [-0.05, 0) is 59.7 Å². The molecule has 5 rings (SSSR count). The molecule has 0 aliphatic heterocycles. The van der Waals surface area contributed by atoms with Gasteiger partial charge in [0.25, 0.3) is 0 Å². The lowest BCUT2D eigenvalue weighted by Gasteiger charge is -2.15. The van der Waals surface area contributed by atoms with Gasteiger partial charge in [0, 0.05) is 40.5 Å². The molecular formula is C26H26FN3O2S. The standard InChI is InChI=1S/C26H26FN3O2S/c1-14(2)24-25(20-6-4-5-17-9-16(10-21(17)20)13-29-33(31)32)15(3)30-26(24)22-11-18(27)12-23-19(22)7-8-28-23/h4-8,10-12,14,28-30H,9,13H2,1-3H3,(H,31,32). The first-order valence-electron chi connectivity index (χ1n) is 11.0. The molecule has 33 heavy (non-hydrogen) atoms. The minimum Gasteiger partial charge on any atom is -0.361 e. The van der Waals surface area contributed by atoms with Crippen LogP contribution in [0.2, 0.25) is 0 Å². The second kappa shape index (κ2) is 8.41. The molecule has 0 fully saturated rings. The van der Waals surface area contributed by atoms with Crippen molar-refractivity contribution in [3.63, 3.8) is 0 Å². The highest BCUT2D eigenvalue weighted by Crippen LogP contribution is 2.44. The average molecular weight is 464 g/mol. The topological polar surface area (TPSA) is 80.9 Å². The van der Waals surface area contributed by atoms with Crippen molar-refractivity contribution in [3.05, 3.63) is 76.4 Å². The zero-order chi connectivity index (χ0) is 23.3. The Balaban J connectivity index is 1.70. The molecule has 1 unspecified atom stereocenters. The zero-order valence-corrected chi connectivity index (χ0v) is 19.6. The molecule has 2 heterocycles. The van der Waals surface area contributed by atoms with E-state index < -0.39 is 11.3 Å². The molecule has 1 aliphatic rings. The summed E-state index contributed by atoms with van der Waals surface area (Å²) in [5, 5.41) is 0.981. The van der Waals surface area contributed by atoms with Crippen molar-refractivity contribution >= 4 is 28.2 Å². The number of H-pyrrole nitrogens is 2. The third kappa shape index (κ3) is 3.86. The van der Waals surface area contributed by atoms with Crippen molar-refractivity contribution in [2.75, 3.05) is 6.54 Å². The van der Waals surface area contributed by atoms with E-state index in [4.69, 9.17) is 4.55 Å². The van der Waals surface area contributed by atoms with Crippen LogP contribution in [-0.2, 0) is 17.7 Å². The van der Waals surface area contributed by atoms with Crippen molar-refractivity contribution in [1.82, 2.24) is 14.7 Å². The third-order valence-electron chi connectivity index (χ3n) is 6.36. The number of fused-ring (bicyclic) bond motifs is 2. The van der Waals surface area contributed by atoms with Crippen molar-refractivity contribution in [3.8, 4) is 22.4 Å². The number of benzene rings is 2. The van der Waals surface area contributed by atoms with Crippen molar-refractivity contribution in [2.45, 2.75) is 33.1 Å². The van der Waals surface area contributed by atoms with E-state index in [9.17, 15) is 8.60 Å². The van der Waals surface area contributed by atoms with Crippen molar-refractivity contribution in [2.24, 2.45) is 0 Å². The summed E-state index contributed by atoms with van der Waals surface area (Å²) < 4.78 is 37.2. The van der Waals surface area contributed by atoms with E-state index in [1.807, 2.05) is 12.3 Å². The van der Waals surface area contributed by atoms with E-state index in [0.717, 1.165) is 62.1 Å². The molecule has 4 N–H and O–H groups in total. The number of halogens is 1. The molecule has 0 spiro atoms. The molecular weight excluding hydrogens is 437 g/mol. The lowest BCUT2D eigenvalue weighted by molar-refractivity contribution is 0.552. The summed E-state index contributed by atoms with van der Waals surface area (Å²) in [7, 11) is 0. The number of hydrogen-bond acceptors (Lipinski definition) is 1. The maximum absolute atomic E-state index is 14.5. The van der Waals surface area contributed by atoms with Crippen LogP contribution < -0.4 is 4.72 Å². The highest BCUT2D eigenvalue weighted by molar-refractivity contribution is 7.77. The fraction of sp³-hybridized carbons (Fsp3) is 0.231. The Morgan fingerprint density at radius 1 is 1.21 bits per heavy atom. The van der Waals surface area contributed by atoms with Gasteiger partial charge in [0.05, 0.1) is 5.69 Å². The average Bonchev–Trinajstić information content (AvgIpc) is 3.47. The summed E-state index contributed by atoms with van der Waals surface area (Å²) in [6, 6.07) is 11.4. The van der Waals surface area contributed by atoms with Crippen LogP contribution in [0.1, 0.15) is 42.1 Å². The zero-order valence-electron chi connectivity index (χ0n) is 18.8. The molecule has 170 valence electrons. The van der Waals surface area contributed by atoms with Crippen molar-refractivity contribution in [1.29, 1.82) is 0 Å². The summed E-state index contributed by atoms with van der Waals surface area (Å²) in [4.78, 5) is 6.70. The Labute approximate surface area is 194 Å². The SMILES string of the molecule is Cc1[nH]c(-c2cc(F)cc3[nH]ccc23)c(C(C)C)c1-c1cccc2c1C=C(CNS(=O)O)C2. The van der Waals surface area contributed by atoms with Gasteiger partial charge in [-0.15, -0.1) is 0 Å². The molecule has 5 nitrogen and oxygen atoms in total. The van der Waals surface area contributed by atoms with Crippen LogP contribution in [0.15, 0.2) is 48.2 Å². The van der Waals surface area contributed by atoms with Gasteiger partial charge in [-0.3, -0.25) is 4.55 Å². The van der Waals surface area contributed by atoms with Crippen LogP contribution in [0.3, 0.4) is 0 Å². The summed E-state index contributed by atoms with van der Waals surface area (Å²) in [6.45, 7) is 6.75. The summed E-state index contributed by atoms with van der Waals surface area (Å²) in [5.74, 6) is -0.0678. The lowest BCUT2D eigenvalue weighted by Crippen LogP contribution is -2.18. The largest absolute Gasteiger partial charge is 0.361 e. The monoisotopic (exact) mass is 463 g/mol. The first-order valence-corrected chi connectivity index (χ1v) is 12.1. The van der Waals surface area contributed by atoms with Crippen LogP contribution in [-0.4, -0.2) is 25.3 Å². The van der Waals surface area contributed by atoms with Crippen LogP contribution in [0.25, 0.3) is 39.4 Å². The predicted molar refractivity (Wildman–Crippen MR) is 133 cm³/mol. The number of nitrogens with one attached hydrogen (secondary N) is 3. The van der Waals surface area contributed by atoms with Crippen LogP contribution >= 0.6 is 0 Å². The highest BCUT2D eigenvalue weighted by Gasteiger charge is 2.25. The third-order valence-corrected chi connectivity index (χ3v) is 6.75. The van der Waals surface area contributed by atoms with E-state index in [-0.39, 0.29) is 11.7 Å². The van der Waals surface area contributed by atoms with Gasteiger partial charge in [-0.2, -0.15) is 0 Å². The van der Waals surface area contributed by atoms with E-state index in [2.05, 4.69) is 59.7 Å². The van der Waals surface area contributed by atoms with E-state index in [1.165, 1.54) is 11.6 Å². The van der Waals surface area contributed by atoms with Gasteiger partial charge >= 0.3 is 0 Å². The van der Waals surface area contributed by atoms with Gasteiger partial charge in [-0.1, -0.05) is 43.7 Å². The number of rotatable bonds is 6. The molecule has 2 aromatic carbocycles. The van der Waals surface area contributed by atoms with E-state index in [1.54, 1.807) is 6.07 Å². The molecule has 1 aliphatic carbocycles. The Morgan fingerprint density at radius 2 is 2.03 bits per heavy atom. The van der Waals surface area contributed by atoms with Crippen LogP contribution in [0.5, 0.6) is 0 Å². The van der Waals surface area contributed by atoms with Gasteiger partial charge in [0.2, 0.25) is 11.3 Å². The molecule has 4 aromatic rings. The maximum Gasteiger partial charge on any atom is 0.232 e. The Kier molecular flexibility index (Phi) is 5.56. The Morgan fingerprint density at radius 3 is 2.79 bits per heavy atom. The molecule has 0 amide bonds. The number of aryl methyl sites for hydroxylation is 1. The summed E-state index contributed by atoms with van der Waals surface area (Å²) >= 11 is -2.04. The normalized spacial score (nSPS) is 14.2. The number of aromatic amines is 2. The summed E-state index contributed by atoms with van der Waals surface area (Å²) in [6.07, 6.45) is 4.70. The molecule has 0 saturated carbocycles. The summed E-state index contributed by atoms with van der Waals surface area (Å²) in [5.41, 5.74) is 10.4. The molecule has 0 saturated heterocycles. The second-order valence-corrected chi connectivity index (χ2v) is 9.68. The Bertz CT molecular complexity index is 1430. The smallest absolute Gasteiger partial charge is 0.232 e. The molecule has 7 heteroatoms. The van der Waals surface area contributed by atoms with Gasteiger partial charge < -0.3 is 9.97 Å². The fourth-order valence-electron chi connectivity index (χ4n) is 5.04. The quantitative estimate of drug-likeness (QED) is 0.262. The first-order chi connectivity index (χ1) is 15.8. The molecule has 0 bridgehead atoms. The van der Waals surface area contributed by atoms with E-state index >= 15 is 0 Å². The van der Waals surface area contributed by atoms with E-state index in [0.29, 0.717) is 6.54 Å². The van der Waals surface area contributed by atoms with Crippen molar-refractivity contribution < 1.29 is 13.2 Å². The molecule has 1 atom stereocenters. The first kappa shape index (κ1) is 21.8. The minimum atomic E-state index is -2.04. The van der Waals surface area contributed by atoms with Crippen LogP contribution in [0.4, 0.5) is 4.39 Å². The molecule has 2 aromatic heterocycles. The van der Waals surface area contributed by atoms with Gasteiger partial charge in [0.1, 0.15) is 5.82 Å². The number of aromatic nitrogens is 2. The Hall–Kier alpha value is -3.00. The fourth-order valence-corrected chi connectivity index (χ4v) is 5.35. The minimum absolute atomic E-state index is 0.205. The second-order valence-electron chi connectivity index (χ2n) is 8.89. The number of hydrogen-bond donors (Lipinski definition) is 4. The van der Waals surface area contributed by atoms with Gasteiger partial charge in [0.15, 0.2) is 0 Å². The van der Waals surface area contributed by atoms with Crippen LogP contribution in [0, 0.1) is 12.7 Å². The van der Waals surface area contributed by atoms with Gasteiger partial charge in [-0.25, -0.2) is 13.3 Å². The lowest BCUT2D eigenvalue weighted by atomic mass is 9.88. The molecule has 0 radical (unpaired) electrons. The predicted octanol–water partition coefficient (Wildman–Crippen LogP) is 6.07.